The number of para-hydroxylation sites is 2. The molecule has 148 valence electrons. The van der Waals surface area contributed by atoms with Gasteiger partial charge in [-0.15, -0.1) is 0 Å². The fourth-order valence-electron chi connectivity index (χ4n) is 3.85. The Morgan fingerprint density at radius 1 is 1.21 bits per heavy atom. The van der Waals surface area contributed by atoms with Crippen molar-refractivity contribution in [3.63, 3.8) is 0 Å². The number of fused-ring (bicyclic) bond motifs is 2. The smallest absolute Gasteiger partial charge is 0.257 e. The molecule has 0 saturated carbocycles. The van der Waals surface area contributed by atoms with Crippen molar-refractivity contribution < 1.29 is 9.59 Å². The lowest BCUT2D eigenvalue weighted by atomic mass is 10.0. The van der Waals surface area contributed by atoms with Crippen LogP contribution in [0.5, 0.6) is 0 Å². The molecule has 0 fully saturated rings. The molecule has 4 rings (SSSR count). The summed E-state index contributed by atoms with van der Waals surface area (Å²) in [6, 6.07) is 15.2. The number of carbonyl (C=O) groups is 2. The van der Waals surface area contributed by atoms with E-state index in [1.54, 1.807) is 25.1 Å². The number of hydrogen-bond acceptors (Lipinski definition) is 4. The Morgan fingerprint density at radius 3 is 2.72 bits per heavy atom. The Bertz CT molecular complexity index is 1130. The van der Waals surface area contributed by atoms with Gasteiger partial charge in [-0.05, 0) is 30.7 Å². The summed E-state index contributed by atoms with van der Waals surface area (Å²) in [5, 5.41) is 3.91. The zero-order valence-corrected chi connectivity index (χ0v) is 17.2. The molecule has 0 unspecified atom stereocenters. The van der Waals surface area contributed by atoms with Gasteiger partial charge in [0.05, 0.1) is 23.3 Å². The van der Waals surface area contributed by atoms with Crippen LogP contribution in [0.2, 0.25) is 5.15 Å². The summed E-state index contributed by atoms with van der Waals surface area (Å²) >= 11 is 6.61. The zero-order valence-electron chi connectivity index (χ0n) is 16.4. The summed E-state index contributed by atoms with van der Waals surface area (Å²) < 4.78 is 0. The number of benzene rings is 2. The largest absolute Gasteiger partial charge is 0.358 e. The van der Waals surface area contributed by atoms with Crippen LogP contribution >= 0.6 is 11.6 Å². The summed E-state index contributed by atoms with van der Waals surface area (Å²) in [5.74, 6) is -0.285. The molecule has 2 amide bonds. The first-order chi connectivity index (χ1) is 13.9. The number of hydrogen-bond donors (Lipinski definition) is 1. The van der Waals surface area contributed by atoms with Gasteiger partial charge in [-0.25, -0.2) is 4.98 Å². The number of rotatable bonds is 3. The molecule has 1 aliphatic rings. The van der Waals surface area contributed by atoms with Gasteiger partial charge < -0.3 is 15.1 Å². The molecule has 2 aromatic carbocycles. The van der Waals surface area contributed by atoms with E-state index < -0.39 is 6.17 Å². The number of amides is 2. The Hall–Kier alpha value is -3.12. The van der Waals surface area contributed by atoms with Crippen LogP contribution in [0, 0.1) is 6.92 Å². The molecular weight excluding hydrogens is 388 g/mol. The molecule has 0 spiro atoms. The molecule has 7 heteroatoms. The molecule has 0 bridgehead atoms. The molecule has 0 saturated heterocycles. The third kappa shape index (κ3) is 3.19. The van der Waals surface area contributed by atoms with Crippen LogP contribution in [0.4, 0.5) is 5.69 Å². The molecule has 1 N–H and O–H groups in total. The molecule has 2 heterocycles. The minimum Gasteiger partial charge on any atom is -0.358 e. The first-order valence-electron chi connectivity index (χ1n) is 9.31. The third-order valence-corrected chi connectivity index (χ3v) is 5.63. The van der Waals surface area contributed by atoms with Gasteiger partial charge in [0.1, 0.15) is 11.3 Å². The summed E-state index contributed by atoms with van der Waals surface area (Å²) in [4.78, 5) is 33.5. The summed E-state index contributed by atoms with van der Waals surface area (Å²) in [5.41, 5.74) is 3.78. The Morgan fingerprint density at radius 2 is 1.97 bits per heavy atom. The zero-order chi connectivity index (χ0) is 20.7. The lowest BCUT2D eigenvalue weighted by Gasteiger charge is -2.44. The van der Waals surface area contributed by atoms with Gasteiger partial charge in [0.25, 0.3) is 5.91 Å². The maximum atomic E-state index is 13.1. The minimum atomic E-state index is -0.556. The third-order valence-electron chi connectivity index (χ3n) is 5.33. The fraction of sp³-hybridized carbons (Fsp3) is 0.227. The highest BCUT2D eigenvalue weighted by molar-refractivity contribution is 6.30. The Balaban J connectivity index is 1.92. The average Bonchev–Trinajstić information content (AvgIpc) is 2.72. The van der Waals surface area contributed by atoms with E-state index in [2.05, 4.69) is 10.3 Å². The van der Waals surface area contributed by atoms with Gasteiger partial charge in [-0.2, -0.15) is 0 Å². The van der Waals surface area contributed by atoms with Crippen LogP contribution in [0.3, 0.4) is 0 Å². The maximum Gasteiger partial charge on any atom is 0.257 e. The Kier molecular flexibility index (Phi) is 4.88. The van der Waals surface area contributed by atoms with Gasteiger partial charge in [-0.3, -0.25) is 9.59 Å². The highest BCUT2D eigenvalue weighted by Gasteiger charge is 2.38. The topological polar surface area (TPSA) is 65.5 Å². The van der Waals surface area contributed by atoms with Crippen LogP contribution in [-0.4, -0.2) is 42.3 Å². The van der Waals surface area contributed by atoms with Crippen molar-refractivity contribution in [2.24, 2.45) is 0 Å². The number of halogens is 1. The maximum absolute atomic E-state index is 13.1. The van der Waals surface area contributed by atoms with Crippen LogP contribution in [-0.2, 0) is 4.79 Å². The molecule has 1 aromatic heterocycles. The molecule has 1 atom stereocenters. The number of nitrogens with zero attached hydrogens (tertiary/aromatic N) is 3. The number of nitrogens with one attached hydrogen (secondary N) is 1. The van der Waals surface area contributed by atoms with Crippen LogP contribution < -0.4 is 10.2 Å². The molecule has 6 nitrogen and oxygen atoms in total. The lowest BCUT2D eigenvalue weighted by Crippen LogP contribution is -2.50. The number of likely N-dealkylation sites (N-methyl/N-ethyl adjacent to an activating group) is 1. The predicted octanol–water partition coefficient (Wildman–Crippen LogP) is 3.53. The van der Waals surface area contributed by atoms with E-state index in [0.29, 0.717) is 22.0 Å². The second-order valence-electron chi connectivity index (χ2n) is 7.12. The Labute approximate surface area is 174 Å². The van der Waals surface area contributed by atoms with Crippen molar-refractivity contribution in [1.82, 2.24) is 15.2 Å². The second-order valence-corrected chi connectivity index (χ2v) is 7.48. The summed E-state index contributed by atoms with van der Waals surface area (Å²) in [7, 11) is 3.31. The molecule has 0 radical (unpaired) electrons. The molecule has 29 heavy (non-hydrogen) atoms. The fourth-order valence-corrected chi connectivity index (χ4v) is 4.09. The van der Waals surface area contributed by atoms with E-state index >= 15 is 0 Å². The van der Waals surface area contributed by atoms with Gasteiger partial charge in [-0.1, -0.05) is 41.9 Å². The number of aromatic nitrogens is 1. The highest BCUT2D eigenvalue weighted by atomic mass is 35.5. The van der Waals surface area contributed by atoms with Crippen molar-refractivity contribution in [2.45, 2.75) is 13.1 Å². The van der Waals surface area contributed by atoms with Crippen molar-refractivity contribution in [1.29, 1.82) is 0 Å². The standard InChI is InChI=1S/C22H21ClN4O2/c1-13-7-6-8-14-11-16(20(23)25-19(13)14)21-26(3)22(29)15-9-4-5-10-17(15)27(21)12-18(28)24-2/h4-11,21H,12H2,1-3H3,(H,24,28)/t21-/m1/s1. The predicted molar refractivity (Wildman–Crippen MR) is 114 cm³/mol. The lowest BCUT2D eigenvalue weighted by molar-refractivity contribution is -0.119. The van der Waals surface area contributed by atoms with E-state index in [9.17, 15) is 9.59 Å². The van der Waals surface area contributed by atoms with Crippen molar-refractivity contribution in [3.8, 4) is 0 Å². The summed E-state index contributed by atoms with van der Waals surface area (Å²) in [6.45, 7) is 2.06. The van der Waals surface area contributed by atoms with E-state index in [0.717, 1.165) is 16.5 Å². The number of pyridine rings is 1. The first kappa shape index (κ1) is 19.2. The van der Waals surface area contributed by atoms with Gasteiger partial charge in [0, 0.05) is 25.0 Å². The van der Waals surface area contributed by atoms with Gasteiger partial charge in [0.15, 0.2) is 0 Å². The minimum absolute atomic E-state index is 0.0813. The number of carbonyl (C=O) groups excluding carboxylic acids is 2. The van der Waals surface area contributed by atoms with Crippen molar-refractivity contribution in [2.75, 3.05) is 25.5 Å². The normalized spacial score (nSPS) is 16.1. The SMILES string of the molecule is CNC(=O)CN1c2ccccc2C(=O)N(C)[C@H]1c1cc2cccc(C)c2nc1Cl. The van der Waals surface area contributed by atoms with Gasteiger partial charge in [0.2, 0.25) is 5.91 Å². The quantitative estimate of drug-likeness (QED) is 0.673. The van der Waals surface area contributed by atoms with E-state index in [1.807, 2.05) is 54.3 Å². The molecule has 0 aliphatic carbocycles. The highest BCUT2D eigenvalue weighted by Crippen LogP contribution is 2.40. The van der Waals surface area contributed by atoms with Gasteiger partial charge >= 0.3 is 0 Å². The summed E-state index contributed by atoms with van der Waals surface area (Å²) in [6.07, 6.45) is -0.556. The number of anilines is 1. The van der Waals surface area contributed by atoms with E-state index in [4.69, 9.17) is 11.6 Å². The number of aryl methyl sites for hydroxylation is 1. The molecule has 1 aliphatic heterocycles. The van der Waals surface area contributed by atoms with E-state index in [-0.39, 0.29) is 18.4 Å². The monoisotopic (exact) mass is 408 g/mol. The molecular formula is C22H21ClN4O2. The van der Waals surface area contributed by atoms with E-state index in [1.165, 1.54) is 0 Å². The molecule has 3 aromatic rings. The van der Waals surface area contributed by atoms with Crippen LogP contribution in [0.1, 0.15) is 27.7 Å². The van der Waals surface area contributed by atoms with Crippen LogP contribution in [0.25, 0.3) is 10.9 Å². The van der Waals surface area contributed by atoms with Crippen molar-refractivity contribution in [3.05, 3.63) is 70.4 Å². The average molecular weight is 409 g/mol. The second kappa shape index (κ2) is 7.37. The van der Waals surface area contributed by atoms with Crippen LogP contribution in [0.15, 0.2) is 48.5 Å². The first-order valence-corrected chi connectivity index (χ1v) is 9.69. The van der Waals surface area contributed by atoms with Crippen molar-refractivity contribution >= 4 is 40.0 Å².